The molecule has 2 heterocycles. The Bertz CT molecular complexity index is 738. The first-order valence-corrected chi connectivity index (χ1v) is 6.84. The molecule has 0 fully saturated rings. The standard InChI is InChI=1S/C15H16N4O3/c1-18-8-10(7-17-18)6-16-15(21)11-3-4-13-12(5-11)19(2)14(20)9-22-13/h3-5,7-8H,6,9H2,1-2H3,(H,16,21). The lowest BCUT2D eigenvalue weighted by Gasteiger charge is -2.26. The molecule has 7 nitrogen and oxygen atoms in total. The van der Waals surface area contributed by atoms with Crippen molar-refractivity contribution in [1.82, 2.24) is 15.1 Å². The van der Waals surface area contributed by atoms with E-state index in [1.165, 1.54) is 4.90 Å². The molecule has 0 saturated heterocycles. The summed E-state index contributed by atoms with van der Waals surface area (Å²) >= 11 is 0. The van der Waals surface area contributed by atoms with Gasteiger partial charge in [-0.25, -0.2) is 0 Å². The predicted octanol–water partition coefficient (Wildman–Crippen LogP) is 0.705. The van der Waals surface area contributed by atoms with E-state index in [0.717, 1.165) is 5.56 Å². The highest BCUT2D eigenvalue weighted by molar-refractivity contribution is 6.00. The van der Waals surface area contributed by atoms with Gasteiger partial charge in [-0.1, -0.05) is 0 Å². The molecule has 0 radical (unpaired) electrons. The minimum atomic E-state index is -0.210. The van der Waals surface area contributed by atoms with Crippen LogP contribution in [0.5, 0.6) is 5.75 Å². The van der Waals surface area contributed by atoms with E-state index in [-0.39, 0.29) is 18.4 Å². The third-order valence-corrected chi connectivity index (χ3v) is 3.52. The molecule has 7 heteroatoms. The van der Waals surface area contributed by atoms with Crippen molar-refractivity contribution in [1.29, 1.82) is 0 Å². The van der Waals surface area contributed by atoms with Gasteiger partial charge in [-0.15, -0.1) is 0 Å². The smallest absolute Gasteiger partial charge is 0.264 e. The second-order valence-electron chi connectivity index (χ2n) is 5.13. The average molecular weight is 300 g/mol. The van der Waals surface area contributed by atoms with Gasteiger partial charge in [0.1, 0.15) is 5.75 Å². The SMILES string of the molecule is CN1C(=O)COc2ccc(C(=O)NCc3cnn(C)c3)cc21. The Balaban J connectivity index is 1.74. The Labute approximate surface area is 127 Å². The van der Waals surface area contributed by atoms with Crippen molar-refractivity contribution in [2.24, 2.45) is 7.05 Å². The largest absolute Gasteiger partial charge is 0.482 e. The number of anilines is 1. The number of nitrogens with zero attached hydrogens (tertiary/aromatic N) is 3. The van der Waals surface area contributed by atoms with Crippen LogP contribution in [0.15, 0.2) is 30.6 Å². The molecule has 1 N–H and O–H groups in total. The van der Waals surface area contributed by atoms with Crippen molar-refractivity contribution >= 4 is 17.5 Å². The Hall–Kier alpha value is -2.83. The van der Waals surface area contributed by atoms with E-state index < -0.39 is 0 Å². The van der Waals surface area contributed by atoms with Crippen LogP contribution in [-0.4, -0.2) is 35.2 Å². The van der Waals surface area contributed by atoms with E-state index in [2.05, 4.69) is 10.4 Å². The maximum Gasteiger partial charge on any atom is 0.264 e. The van der Waals surface area contributed by atoms with Crippen LogP contribution in [0.4, 0.5) is 5.69 Å². The number of fused-ring (bicyclic) bond motifs is 1. The highest BCUT2D eigenvalue weighted by atomic mass is 16.5. The van der Waals surface area contributed by atoms with E-state index in [0.29, 0.717) is 23.5 Å². The van der Waals surface area contributed by atoms with E-state index >= 15 is 0 Å². The summed E-state index contributed by atoms with van der Waals surface area (Å²) in [6, 6.07) is 5.04. The molecule has 3 rings (SSSR count). The normalized spacial score (nSPS) is 13.5. The van der Waals surface area contributed by atoms with Gasteiger partial charge in [0.2, 0.25) is 0 Å². The predicted molar refractivity (Wildman–Crippen MR) is 79.7 cm³/mol. The quantitative estimate of drug-likeness (QED) is 0.905. The van der Waals surface area contributed by atoms with Gasteiger partial charge in [0.05, 0.1) is 11.9 Å². The molecule has 2 amide bonds. The number of benzene rings is 1. The molecule has 1 aromatic heterocycles. The van der Waals surface area contributed by atoms with Gasteiger partial charge in [0.15, 0.2) is 6.61 Å². The molecule has 1 aliphatic rings. The summed E-state index contributed by atoms with van der Waals surface area (Å²) in [6.45, 7) is 0.422. The summed E-state index contributed by atoms with van der Waals surface area (Å²) in [4.78, 5) is 25.4. The zero-order valence-electron chi connectivity index (χ0n) is 12.4. The van der Waals surface area contributed by atoms with Crippen molar-refractivity contribution in [2.45, 2.75) is 6.54 Å². The van der Waals surface area contributed by atoms with Gasteiger partial charge in [0.25, 0.3) is 11.8 Å². The van der Waals surface area contributed by atoms with Gasteiger partial charge < -0.3 is 15.0 Å². The summed E-state index contributed by atoms with van der Waals surface area (Å²) < 4.78 is 7.02. The zero-order valence-corrected chi connectivity index (χ0v) is 12.4. The maximum atomic E-state index is 12.2. The topological polar surface area (TPSA) is 76.5 Å². The lowest BCUT2D eigenvalue weighted by Crippen LogP contribution is -2.35. The fraction of sp³-hybridized carbons (Fsp3) is 0.267. The van der Waals surface area contributed by atoms with E-state index in [9.17, 15) is 9.59 Å². The van der Waals surface area contributed by atoms with E-state index in [1.54, 1.807) is 36.1 Å². The number of hydrogen-bond acceptors (Lipinski definition) is 4. The van der Waals surface area contributed by atoms with Crippen LogP contribution < -0.4 is 15.0 Å². The van der Waals surface area contributed by atoms with Crippen LogP contribution in [-0.2, 0) is 18.4 Å². The molecular weight excluding hydrogens is 284 g/mol. The van der Waals surface area contributed by atoms with Crippen LogP contribution in [0.2, 0.25) is 0 Å². The number of aromatic nitrogens is 2. The molecule has 22 heavy (non-hydrogen) atoms. The van der Waals surface area contributed by atoms with Crippen LogP contribution >= 0.6 is 0 Å². The van der Waals surface area contributed by atoms with Crippen LogP contribution in [0, 0.1) is 0 Å². The number of carbonyl (C=O) groups excluding carboxylic acids is 2. The van der Waals surface area contributed by atoms with Crippen molar-refractivity contribution in [3.05, 3.63) is 41.7 Å². The van der Waals surface area contributed by atoms with Gasteiger partial charge in [0, 0.05) is 38.0 Å². The molecule has 1 aromatic carbocycles. The number of rotatable bonds is 3. The molecule has 0 unspecified atom stereocenters. The summed E-state index contributed by atoms with van der Waals surface area (Å²) in [5, 5.41) is 6.87. The highest BCUT2D eigenvalue weighted by Gasteiger charge is 2.23. The third-order valence-electron chi connectivity index (χ3n) is 3.52. The fourth-order valence-corrected chi connectivity index (χ4v) is 2.26. The summed E-state index contributed by atoms with van der Waals surface area (Å²) in [7, 11) is 3.49. The van der Waals surface area contributed by atoms with Gasteiger partial charge >= 0.3 is 0 Å². The molecule has 114 valence electrons. The van der Waals surface area contributed by atoms with Gasteiger partial charge in [-0.3, -0.25) is 14.3 Å². The number of hydrogen-bond donors (Lipinski definition) is 1. The van der Waals surface area contributed by atoms with Crippen molar-refractivity contribution in [2.75, 3.05) is 18.6 Å². The van der Waals surface area contributed by atoms with Crippen LogP contribution in [0.1, 0.15) is 15.9 Å². The zero-order chi connectivity index (χ0) is 15.7. The average Bonchev–Trinajstić information content (AvgIpc) is 2.94. The molecule has 0 saturated carbocycles. The van der Waals surface area contributed by atoms with Gasteiger partial charge in [-0.05, 0) is 18.2 Å². The Morgan fingerprint density at radius 1 is 1.41 bits per heavy atom. The molecule has 0 spiro atoms. The molecule has 1 aliphatic heterocycles. The number of nitrogens with one attached hydrogen (secondary N) is 1. The second kappa shape index (κ2) is 5.51. The third kappa shape index (κ3) is 2.65. The molecule has 0 atom stereocenters. The fourth-order valence-electron chi connectivity index (χ4n) is 2.26. The lowest BCUT2D eigenvalue weighted by atomic mass is 10.1. The molecule has 2 aromatic rings. The van der Waals surface area contributed by atoms with Crippen molar-refractivity contribution in [3.8, 4) is 5.75 Å². The molecule has 0 aliphatic carbocycles. The van der Waals surface area contributed by atoms with Crippen LogP contribution in [0.3, 0.4) is 0 Å². The minimum Gasteiger partial charge on any atom is -0.482 e. The number of ether oxygens (including phenoxy) is 1. The summed E-state index contributed by atoms with van der Waals surface area (Å²) in [5.41, 5.74) is 2.00. The first-order valence-electron chi connectivity index (χ1n) is 6.84. The number of likely N-dealkylation sites (N-methyl/N-ethyl adjacent to an activating group) is 1. The van der Waals surface area contributed by atoms with Crippen LogP contribution in [0.25, 0.3) is 0 Å². The second-order valence-corrected chi connectivity index (χ2v) is 5.13. The number of carbonyl (C=O) groups is 2. The van der Waals surface area contributed by atoms with Crippen molar-refractivity contribution < 1.29 is 14.3 Å². The Kier molecular flexibility index (Phi) is 3.54. The number of amides is 2. The summed E-state index contributed by atoms with van der Waals surface area (Å²) in [5.74, 6) is 0.254. The monoisotopic (exact) mass is 300 g/mol. The first-order chi connectivity index (χ1) is 10.5. The van der Waals surface area contributed by atoms with E-state index in [4.69, 9.17) is 4.74 Å². The Morgan fingerprint density at radius 3 is 2.95 bits per heavy atom. The number of aryl methyl sites for hydroxylation is 1. The first kappa shape index (κ1) is 14.1. The Morgan fingerprint density at radius 2 is 2.23 bits per heavy atom. The maximum absolute atomic E-state index is 12.2. The highest BCUT2D eigenvalue weighted by Crippen LogP contribution is 2.31. The van der Waals surface area contributed by atoms with E-state index in [1.807, 2.05) is 13.2 Å². The lowest BCUT2D eigenvalue weighted by molar-refractivity contribution is -0.120. The minimum absolute atomic E-state index is 0.0239. The molecule has 0 bridgehead atoms. The van der Waals surface area contributed by atoms with Crippen molar-refractivity contribution in [3.63, 3.8) is 0 Å². The van der Waals surface area contributed by atoms with Gasteiger partial charge in [-0.2, -0.15) is 5.10 Å². The molecular formula is C15H16N4O3. The summed E-state index contributed by atoms with van der Waals surface area (Å²) in [6.07, 6.45) is 3.54.